The van der Waals surface area contributed by atoms with Crippen molar-refractivity contribution in [2.45, 2.75) is 25.9 Å². The Morgan fingerprint density at radius 3 is 2.60 bits per heavy atom. The van der Waals surface area contributed by atoms with Crippen molar-refractivity contribution in [2.24, 2.45) is 0 Å². The van der Waals surface area contributed by atoms with Gasteiger partial charge in [-0.25, -0.2) is 0 Å². The van der Waals surface area contributed by atoms with Gasteiger partial charge in [0, 0.05) is 33.4 Å². The quantitative estimate of drug-likeness (QED) is 0.896. The van der Waals surface area contributed by atoms with Crippen LogP contribution < -0.4 is 5.32 Å². The summed E-state index contributed by atoms with van der Waals surface area (Å²) in [4.78, 5) is 3.59. The van der Waals surface area contributed by atoms with Crippen molar-refractivity contribution >= 4 is 27.3 Å². The van der Waals surface area contributed by atoms with Crippen molar-refractivity contribution in [3.8, 4) is 0 Å². The number of halogens is 1. The lowest BCUT2D eigenvalue weighted by atomic mass is 10.2. The van der Waals surface area contributed by atoms with E-state index in [0.29, 0.717) is 12.1 Å². The van der Waals surface area contributed by atoms with Crippen molar-refractivity contribution in [1.82, 2.24) is 10.2 Å². The molecule has 0 fully saturated rings. The van der Waals surface area contributed by atoms with Crippen LogP contribution in [0, 0.1) is 0 Å². The predicted octanol–water partition coefficient (Wildman–Crippen LogP) is 3.11. The zero-order valence-corrected chi connectivity index (χ0v) is 12.2. The van der Waals surface area contributed by atoms with E-state index >= 15 is 0 Å². The van der Waals surface area contributed by atoms with Crippen molar-refractivity contribution in [1.29, 1.82) is 0 Å². The average molecular weight is 291 g/mol. The van der Waals surface area contributed by atoms with Gasteiger partial charge in [0.2, 0.25) is 0 Å². The number of hydrogen-bond acceptors (Lipinski definition) is 3. The predicted molar refractivity (Wildman–Crippen MR) is 71.6 cm³/mol. The number of likely N-dealkylation sites (N-methyl/N-ethyl adjacent to an activating group) is 1. The van der Waals surface area contributed by atoms with Gasteiger partial charge in [-0.15, -0.1) is 11.3 Å². The van der Waals surface area contributed by atoms with Crippen LogP contribution >= 0.6 is 27.3 Å². The van der Waals surface area contributed by atoms with Crippen LogP contribution in [0.1, 0.15) is 24.8 Å². The summed E-state index contributed by atoms with van der Waals surface area (Å²) in [6.45, 7) is 5.50. The largest absolute Gasteiger partial charge is 0.308 e. The molecule has 0 aromatic carbocycles. The Morgan fingerprint density at radius 2 is 2.13 bits per heavy atom. The van der Waals surface area contributed by atoms with Gasteiger partial charge in [0.25, 0.3) is 0 Å². The number of nitrogens with zero attached hydrogens (tertiary/aromatic N) is 1. The van der Waals surface area contributed by atoms with Crippen molar-refractivity contribution in [2.75, 3.05) is 20.6 Å². The molecule has 4 heteroatoms. The first kappa shape index (κ1) is 13.2. The molecule has 0 aliphatic rings. The molecular weight excluding hydrogens is 272 g/mol. The second kappa shape index (κ2) is 5.99. The summed E-state index contributed by atoms with van der Waals surface area (Å²) in [5, 5.41) is 5.72. The molecule has 1 heterocycles. The van der Waals surface area contributed by atoms with Crippen molar-refractivity contribution in [3.05, 3.63) is 20.8 Å². The molecule has 1 aromatic rings. The fraction of sp³-hybridized carbons (Fsp3) is 0.636. The molecule has 0 amide bonds. The molecule has 2 unspecified atom stereocenters. The molecule has 0 saturated carbocycles. The topological polar surface area (TPSA) is 15.3 Å². The lowest BCUT2D eigenvalue weighted by Gasteiger charge is -2.22. The van der Waals surface area contributed by atoms with Crippen LogP contribution in [-0.4, -0.2) is 31.6 Å². The number of rotatable bonds is 5. The van der Waals surface area contributed by atoms with Crippen molar-refractivity contribution in [3.63, 3.8) is 0 Å². The molecule has 1 rings (SSSR count). The van der Waals surface area contributed by atoms with Gasteiger partial charge in [-0.3, -0.25) is 0 Å². The summed E-state index contributed by atoms with van der Waals surface area (Å²) < 4.78 is 1.18. The highest BCUT2D eigenvalue weighted by molar-refractivity contribution is 9.10. The Bertz CT molecular complexity index is 299. The van der Waals surface area contributed by atoms with E-state index in [1.165, 1.54) is 9.35 Å². The smallest absolute Gasteiger partial charge is 0.0389 e. The van der Waals surface area contributed by atoms with Crippen LogP contribution in [0.25, 0.3) is 0 Å². The third-order valence-corrected chi connectivity index (χ3v) is 4.06. The van der Waals surface area contributed by atoms with Gasteiger partial charge in [-0.1, -0.05) is 0 Å². The van der Waals surface area contributed by atoms with Gasteiger partial charge in [0.15, 0.2) is 0 Å². The summed E-state index contributed by atoms with van der Waals surface area (Å²) >= 11 is 5.28. The Kier molecular flexibility index (Phi) is 5.26. The second-order valence-corrected chi connectivity index (χ2v) is 6.08. The van der Waals surface area contributed by atoms with Crippen LogP contribution in [0.4, 0.5) is 0 Å². The first-order chi connectivity index (χ1) is 6.99. The van der Waals surface area contributed by atoms with E-state index in [1.54, 1.807) is 11.3 Å². The molecular formula is C11H19BrN2S. The van der Waals surface area contributed by atoms with Crippen LogP contribution in [0.15, 0.2) is 15.9 Å². The standard InChI is InChI=1S/C11H19BrN2S/c1-8(6-14(3)4)13-9(2)11-5-10(12)7-15-11/h5,7-9,13H,6H2,1-4H3. The highest BCUT2D eigenvalue weighted by Gasteiger charge is 2.11. The van der Waals surface area contributed by atoms with E-state index < -0.39 is 0 Å². The number of thiophene rings is 1. The van der Waals surface area contributed by atoms with E-state index in [0.717, 1.165) is 6.54 Å². The maximum absolute atomic E-state index is 3.59. The summed E-state index contributed by atoms with van der Waals surface area (Å²) in [6, 6.07) is 3.12. The molecule has 86 valence electrons. The molecule has 0 bridgehead atoms. The SMILES string of the molecule is CC(CN(C)C)NC(C)c1cc(Br)cs1. The zero-order chi connectivity index (χ0) is 11.4. The zero-order valence-electron chi connectivity index (χ0n) is 9.75. The number of nitrogens with one attached hydrogen (secondary N) is 1. The van der Waals surface area contributed by atoms with E-state index in [-0.39, 0.29) is 0 Å². The lowest BCUT2D eigenvalue weighted by molar-refractivity contribution is 0.335. The monoisotopic (exact) mass is 290 g/mol. The Labute approximate surface area is 105 Å². The average Bonchev–Trinajstić information content (AvgIpc) is 2.49. The third-order valence-electron chi connectivity index (χ3n) is 2.19. The van der Waals surface area contributed by atoms with Crippen LogP contribution in [0.2, 0.25) is 0 Å². The highest BCUT2D eigenvalue weighted by atomic mass is 79.9. The Hall–Kier alpha value is 0.1000. The molecule has 0 aliphatic carbocycles. The molecule has 0 saturated heterocycles. The molecule has 0 aliphatic heterocycles. The van der Waals surface area contributed by atoms with Gasteiger partial charge in [-0.2, -0.15) is 0 Å². The third kappa shape index (κ3) is 4.64. The summed E-state index contributed by atoms with van der Waals surface area (Å²) in [5.41, 5.74) is 0. The first-order valence-corrected chi connectivity index (χ1v) is 6.81. The fourth-order valence-corrected chi connectivity index (χ4v) is 3.13. The van der Waals surface area contributed by atoms with E-state index in [4.69, 9.17) is 0 Å². The minimum Gasteiger partial charge on any atom is -0.308 e. The summed E-state index contributed by atoms with van der Waals surface area (Å²) in [6.07, 6.45) is 0. The van der Waals surface area contributed by atoms with Gasteiger partial charge in [-0.05, 0) is 49.9 Å². The van der Waals surface area contributed by atoms with Crippen LogP contribution in [0.5, 0.6) is 0 Å². The number of hydrogen-bond donors (Lipinski definition) is 1. The minimum atomic E-state index is 0.427. The van der Waals surface area contributed by atoms with Gasteiger partial charge in [0.05, 0.1) is 0 Å². The lowest BCUT2D eigenvalue weighted by Crippen LogP contribution is -2.36. The maximum atomic E-state index is 3.59. The van der Waals surface area contributed by atoms with E-state index in [9.17, 15) is 0 Å². The van der Waals surface area contributed by atoms with Gasteiger partial charge >= 0.3 is 0 Å². The highest BCUT2D eigenvalue weighted by Crippen LogP contribution is 2.25. The second-order valence-electron chi connectivity index (χ2n) is 4.22. The van der Waals surface area contributed by atoms with E-state index in [2.05, 4.69) is 65.5 Å². The fourth-order valence-electron chi connectivity index (χ4n) is 1.66. The Balaban J connectivity index is 2.45. The van der Waals surface area contributed by atoms with Crippen LogP contribution in [0.3, 0.4) is 0 Å². The molecule has 0 spiro atoms. The molecule has 2 nitrogen and oxygen atoms in total. The molecule has 1 N–H and O–H groups in total. The van der Waals surface area contributed by atoms with Crippen molar-refractivity contribution < 1.29 is 0 Å². The summed E-state index contributed by atoms with van der Waals surface area (Å²) in [7, 11) is 4.20. The molecule has 2 atom stereocenters. The summed E-state index contributed by atoms with van der Waals surface area (Å²) in [5.74, 6) is 0. The van der Waals surface area contributed by atoms with Gasteiger partial charge in [0.1, 0.15) is 0 Å². The first-order valence-electron chi connectivity index (χ1n) is 5.13. The van der Waals surface area contributed by atoms with Crippen LogP contribution in [-0.2, 0) is 0 Å². The van der Waals surface area contributed by atoms with Gasteiger partial charge < -0.3 is 10.2 Å². The molecule has 15 heavy (non-hydrogen) atoms. The molecule has 1 aromatic heterocycles. The minimum absolute atomic E-state index is 0.427. The molecule has 0 radical (unpaired) electrons. The maximum Gasteiger partial charge on any atom is 0.0389 e. The normalized spacial score (nSPS) is 15.6. The van der Waals surface area contributed by atoms with E-state index in [1.807, 2.05) is 0 Å². The Morgan fingerprint density at radius 1 is 1.47 bits per heavy atom.